The summed E-state index contributed by atoms with van der Waals surface area (Å²) in [5.74, 6) is 0.232. The van der Waals surface area contributed by atoms with E-state index in [1.54, 1.807) is 7.11 Å². The molecule has 86 valence electrons. The van der Waals surface area contributed by atoms with Gasteiger partial charge in [0.05, 0.1) is 12.0 Å². The van der Waals surface area contributed by atoms with Gasteiger partial charge in [0, 0.05) is 13.5 Å². The molecule has 0 saturated heterocycles. The molecule has 0 aromatic carbocycles. The summed E-state index contributed by atoms with van der Waals surface area (Å²) < 4.78 is 10.8. The molecule has 3 nitrogen and oxygen atoms in total. The summed E-state index contributed by atoms with van der Waals surface area (Å²) in [5, 5.41) is 0. The molecule has 0 aromatic rings. The molecule has 2 aliphatic rings. The molecule has 2 aliphatic carbocycles. The molecule has 2 saturated carbocycles. The zero-order chi connectivity index (χ0) is 10.7. The van der Waals surface area contributed by atoms with E-state index in [4.69, 9.17) is 9.47 Å². The lowest BCUT2D eigenvalue weighted by atomic mass is 9.85. The average Bonchev–Trinajstić information content (AvgIpc) is 2.15. The maximum absolute atomic E-state index is 11.6. The van der Waals surface area contributed by atoms with Gasteiger partial charge in [-0.15, -0.1) is 0 Å². The van der Waals surface area contributed by atoms with E-state index >= 15 is 0 Å². The highest BCUT2D eigenvalue weighted by Crippen LogP contribution is 2.30. The average molecular weight is 212 g/mol. The molecule has 0 radical (unpaired) electrons. The number of hydrogen-bond acceptors (Lipinski definition) is 3. The SMILES string of the molecule is COC1CCCC(OC(=O)C2CCC2)C1. The summed E-state index contributed by atoms with van der Waals surface area (Å²) in [6, 6.07) is 0. The van der Waals surface area contributed by atoms with Crippen LogP contribution in [0.1, 0.15) is 44.9 Å². The van der Waals surface area contributed by atoms with Crippen LogP contribution in [0.2, 0.25) is 0 Å². The van der Waals surface area contributed by atoms with Crippen LogP contribution >= 0.6 is 0 Å². The second kappa shape index (κ2) is 4.97. The van der Waals surface area contributed by atoms with Gasteiger partial charge in [0.2, 0.25) is 0 Å². The van der Waals surface area contributed by atoms with Crippen molar-refractivity contribution in [2.24, 2.45) is 5.92 Å². The third-order valence-corrected chi connectivity index (χ3v) is 3.63. The lowest BCUT2D eigenvalue weighted by molar-refractivity contribution is -0.160. The summed E-state index contributed by atoms with van der Waals surface area (Å²) in [4.78, 5) is 11.6. The van der Waals surface area contributed by atoms with E-state index in [1.807, 2.05) is 0 Å². The van der Waals surface area contributed by atoms with Gasteiger partial charge in [0.1, 0.15) is 6.10 Å². The third kappa shape index (κ3) is 2.71. The minimum Gasteiger partial charge on any atom is -0.462 e. The van der Waals surface area contributed by atoms with Gasteiger partial charge in [-0.1, -0.05) is 6.42 Å². The van der Waals surface area contributed by atoms with Gasteiger partial charge >= 0.3 is 5.97 Å². The largest absolute Gasteiger partial charge is 0.462 e. The highest BCUT2D eigenvalue weighted by molar-refractivity contribution is 5.73. The summed E-state index contributed by atoms with van der Waals surface area (Å²) in [7, 11) is 1.74. The predicted octanol–water partition coefficient (Wildman–Crippen LogP) is 2.29. The second-order valence-electron chi connectivity index (χ2n) is 4.71. The fourth-order valence-corrected chi connectivity index (χ4v) is 2.33. The van der Waals surface area contributed by atoms with Gasteiger partial charge in [0.15, 0.2) is 0 Å². The van der Waals surface area contributed by atoms with Crippen LogP contribution < -0.4 is 0 Å². The Morgan fingerprint density at radius 1 is 1.07 bits per heavy atom. The number of methoxy groups -OCH3 is 1. The van der Waals surface area contributed by atoms with Crippen molar-refractivity contribution in [3.63, 3.8) is 0 Å². The standard InChI is InChI=1S/C12H20O3/c1-14-10-6-3-7-11(8-10)15-12(13)9-4-2-5-9/h9-11H,2-8H2,1H3. The van der Waals surface area contributed by atoms with Gasteiger partial charge in [-0.05, 0) is 32.1 Å². The van der Waals surface area contributed by atoms with E-state index in [0.29, 0.717) is 0 Å². The molecule has 0 heterocycles. The Morgan fingerprint density at radius 3 is 2.33 bits per heavy atom. The summed E-state index contributed by atoms with van der Waals surface area (Å²) >= 11 is 0. The first kappa shape index (κ1) is 10.9. The molecular formula is C12H20O3. The molecule has 0 spiro atoms. The molecule has 0 amide bonds. The normalized spacial score (nSPS) is 32.1. The molecule has 3 heteroatoms. The van der Waals surface area contributed by atoms with Crippen LogP contribution in [0.25, 0.3) is 0 Å². The highest BCUT2D eigenvalue weighted by atomic mass is 16.5. The minimum atomic E-state index is 0.0306. The van der Waals surface area contributed by atoms with Crippen molar-refractivity contribution < 1.29 is 14.3 Å². The number of rotatable bonds is 3. The van der Waals surface area contributed by atoms with E-state index < -0.39 is 0 Å². The molecule has 0 aromatic heterocycles. The second-order valence-corrected chi connectivity index (χ2v) is 4.71. The number of esters is 1. The number of carbonyl (C=O) groups excluding carboxylic acids is 1. The van der Waals surface area contributed by atoms with Crippen LogP contribution in [0, 0.1) is 5.92 Å². The predicted molar refractivity (Wildman–Crippen MR) is 56.5 cm³/mol. The van der Waals surface area contributed by atoms with Crippen molar-refractivity contribution in [3.05, 3.63) is 0 Å². The van der Waals surface area contributed by atoms with Crippen LogP contribution in [0.3, 0.4) is 0 Å². The van der Waals surface area contributed by atoms with Crippen molar-refractivity contribution in [2.75, 3.05) is 7.11 Å². The molecule has 0 N–H and O–H groups in total. The van der Waals surface area contributed by atoms with Crippen molar-refractivity contribution in [1.82, 2.24) is 0 Å². The fraction of sp³-hybridized carbons (Fsp3) is 0.917. The lowest BCUT2D eigenvalue weighted by Gasteiger charge is -2.31. The first-order valence-electron chi connectivity index (χ1n) is 6.03. The molecule has 0 bridgehead atoms. The molecule has 2 rings (SSSR count). The smallest absolute Gasteiger partial charge is 0.309 e. The van der Waals surface area contributed by atoms with Gasteiger partial charge in [-0.25, -0.2) is 0 Å². The van der Waals surface area contributed by atoms with E-state index in [1.165, 1.54) is 6.42 Å². The Hall–Kier alpha value is -0.570. The van der Waals surface area contributed by atoms with Crippen LogP contribution in [0.15, 0.2) is 0 Å². The molecule has 15 heavy (non-hydrogen) atoms. The zero-order valence-electron chi connectivity index (χ0n) is 9.41. The Bertz CT molecular complexity index is 223. The van der Waals surface area contributed by atoms with E-state index in [2.05, 4.69) is 0 Å². The topological polar surface area (TPSA) is 35.5 Å². The van der Waals surface area contributed by atoms with Crippen LogP contribution in [-0.2, 0) is 14.3 Å². The van der Waals surface area contributed by atoms with Crippen LogP contribution in [0.5, 0.6) is 0 Å². The quantitative estimate of drug-likeness (QED) is 0.673. The minimum absolute atomic E-state index is 0.0306. The number of carbonyl (C=O) groups is 1. The van der Waals surface area contributed by atoms with Gasteiger partial charge in [0.25, 0.3) is 0 Å². The molecule has 0 aliphatic heterocycles. The highest BCUT2D eigenvalue weighted by Gasteiger charge is 2.30. The zero-order valence-corrected chi connectivity index (χ0v) is 9.41. The Labute approximate surface area is 91.1 Å². The fourth-order valence-electron chi connectivity index (χ4n) is 2.33. The van der Waals surface area contributed by atoms with Gasteiger partial charge in [-0.2, -0.15) is 0 Å². The number of hydrogen-bond donors (Lipinski definition) is 0. The van der Waals surface area contributed by atoms with Gasteiger partial charge < -0.3 is 9.47 Å². The van der Waals surface area contributed by atoms with E-state index in [0.717, 1.165) is 38.5 Å². The monoisotopic (exact) mass is 212 g/mol. The van der Waals surface area contributed by atoms with Crippen LogP contribution in [0.4, 0.5) is 0 Å². The van der Waals surface area contributed by atoms with Crippen LogP contribution in [-0.4, -0.2) is 25.3 Å². The first-order chi connectivity index (χ1) is 7.29. The van der Waals surface area contributed by atoms with Gasteiger partial charge in [-0.3, -0.25) is 4.79 Å². The maximum Gasteiger partial charge on any atom is 0.309 e. The third-order valence-electron chi connectivity index (χ3n) is 3.63. The van der Waals surface area contributed by atoms with Crippen molar-refractivity contribution in [3.8, 4) is 0 Å². The molecule has 2 atom stereocenters. The van der Waals surface area contributed by atoms with E-state index in [-0.39, 0.29) is 24.1 Å². The van der Waals surface area contributed by atoms with E-state index in [9.17, 15) is 4.79 Å². The summed E-state index contributed by atoms with van der Waals surface area (Å²) in [6.07, 6.45) is 7.75. The van der Waals surface area contributed by atoms with Crippen molar-refractivity contribution in [1.29, 1.82) is 0 Å². The Kier molecular flexibility index (Phi) is 3.62. The van der Waals surface area contributed by atoms with Crippen molar-refractivity contribution >= 4 is 5.97 Å². The van der Waals surface area contributed by atoms with Crippen molar-refractivity contribution in [2.45, 2.75) is 57.2 Å². The maximum atomic E-state index is 11.6. The first-order valence-corrected chi connectivity index (χ1v) is 6.03. The number of ether oxygens (including phenoxy) is 2. The Balaban J connectivity index is 1.75. The molecule has 2 unspecified atom stereocenters. The summed E-state index contributed by atoms with van der Waals surface area (Å²) in [5.41, 5.74) is 0. The lowest BCUT2D eigenvalue weighted by Crippen LogP contribution is -2.33. The molecule has 2 fully saturated rings. The molecular weight excluding hydrogens is 192 g/mol. The summed E-state index contributed by atoms with van der Waals surface area (Å²) in [6.45, 7) is 0. The Morgan fingerprint density at radius 2 is 1.73 bits per heavy atom.